The van der Waals surface area contributed by atoms with Gasteiger partial charge in [-0.2, -0.15) is 0 Å². The van der Waals surface area contributed by atoms with E-state index in [1.165, 1.54) is 5.56 Å². The summed E-state index contributed by atoms with van der Waals surface area (Å²) in [6.07, 6.45) is 2.56. The molecule has 6 heteroatoms. The molecule has 0 aliphatic heterocycles. The van der Waals surface area contributed by atoms with Crippen LogP contribution in [-0.2, 0) is 21.9 Å². The molecule has 2 amide bonds. The highest BCUT2D eigenvalue weighted by molar-refractivity contribution is 9.10. The molecule has 162 valence electrons. The summed E-state index contributed by atoms with van der Waals surface area (Å²) in [4.78, 5) is 27.7. The van der Waals surface area contributed by atoms with Gasteiger partial charge in [-0.05, 0) is 36.1 Å². The Bertz CT molecular complexity index is 784. The third-order valence-electron chi connectivity index (χ3n) is 4.82. The number of nitrogens with zero attached hydrogens (tertiary/aromatic N) is 1. The normalized spacial score (nSPS) is 11.7. The highest BCUT2D eigenvalue weighted by atomic mass is 79.9. The van der Waals surface area contributed by atoms with Crippen molar-refractivity contribution in [1.82, 2.24) is 10.2 Å². The standard InChI is InChI=1S/C24H31BrN2O2S/c1-3-5-15-26-24(29)22(4-2)27(16-19-9-7-6-8-10-19)23(28)18-30-17-20-11-13-21(25)14-12-20/h6-14,22H,3-5,15-18H2,1-2H3,(H,26,29)/t22-/m0/s1. The Morgan fingerprint density at radius 2 is 1.73 bits per heavy atom. The zero-order valence-electron chi connectivity index (χ0n) is 17.8. The maximum atomic E-state index is 13.1. The zero-order chi connectivity index (χ0) is 21.8. The summed E-state index contributed by atoms with van der Waals surface area (Å²) >= 11 is 5.02. The predicted molar refractivity (Wildman–Crippen MR) is 129 cm³/mol. The number of nitrogens with one attached hydrogen (secondary N) is 1. The van der Waals surface area contributed by atoms with Crippen molar-refractivity contribution in [2.24, 2.45) is 0 Å². The third-order valence-corrected chi connectivity index (χ3v) is 6.34. The number of unbranched alkanes of at least 4 members (excludes halogenated alkanes) is 1. The molecule has 0 aliphatic carbocycles. The van der Waals surface area contributed by atoms with Gasteiger partial charge in [0.2, 0.25) is 11.8 Å². The van der Waals surface area contributed by atoms with Crippen LogP contribution >= 0.6 is 27.7 Å². The molecule has 0 saturated heterocycles. The Kier molecular flexibility index (Phi) is 11.0. The molecule has 2 rings (SSSR count). The van der Waals surface area contributed by atoms with Crippen molar-refractivity contribution in [2.45, 2.75) is 51.4 Å². The van der Waals surface area contributed by atoms with Crippen LogP contribution in [0.5, 0.6) is 0 Å². The number of carbonyl (C=O) groups is 2. The van der Waals surface area contributed by atoms with Gasteiger partial charge in [0, 0.05) is 23.3 Å². The molecule has 0 unspecified atom stereocenters. The molecule has 1 N–H and O–H groups in total. The van der Waals surface area contributed by atoms with E-state index in [-0.39, 0.29) is 11.8 Å². The first-order valence-corrected chi connectivity index (χ1v) is 12.4. The lowest BCUT2D eigenvalue weighted by Gasteiger charge is -2.30. The van der Waals surface area contributed by atoms with Crippen molar-refractivity contribution in [3.8, 4) is 0 Å². The summed E-state index contributed by atoms with van der Waals surface area (Å²) in [7, 11) is 0. The Hall–Kier alpha value is -1.79. The SMILES string of the molecule is CCCCNC(=O)[C@H](CC)N(Cc1ccccc1)C(=O)CSCc1ccc(Br)cc1. The Morgan fingerprint density at radius 3 is 2.37 bits per heavy atom. The van der Waals surface area contributed by atoms with E-state index in [0.717, 1.165) is 28.6 Å². The molecule has 1 atom stereocenters. The summed E-state index contributed by atoms with van der Waals surface area (Å²) < 4.78 is 1.04. The molecule has 0 aromatic heterocycles. The first-order valence-electron chi connectivity index (χ1n) is 10.5. The molecule has 0 aliphatic rings. The van der Waals surface area contributed by atoms with Crippen LogP contribution in [0.15, 0.2) is 59.1 Å². The number of hydrogen-bond donors (Lipinski definition) is 1. The minimum absolute atomic E-state index is 0.00143. The fourth-order valence-electron chi connectivity index (χ4n) is 3.13. The van der Waals surface area contributed by atoms with Gasteiger partial charge in [-0.25, -0.2) is 0 Å². The van der Waals surface area contributed by atoms with Gasteiger partial charge < -0.3 is 10.2 Å². The highest BCUT2D eigenvalue weighted by Crippen LogP contribution is 2.18. The van der Waals surface area contributed by atoms with E-state index in [9.17, 15) is 9.59 Å². The van der Waals surface area contributed by atoms with Crippen molar-refractivity contribution < 1.29 is 9.59 Å². The molecule has 0 fully saturated rings. The Labute approximate surface area is 192 Å². The molecule has 0 saturated carbocycles. The van der Waals surface area contributed by atoms with Gasteiger partial charge in [0.1, 0.15) is 6.04 Å². The fourth-order valence-corrected chi connectivity index (χ4v) is 4.26. The number of rotatable bonds is 12. The molecule has 0 spiro atoms. The quantitative estimate of drug-likeness (QED) is 0.404. The van der Waals surface area contributed by atoms with E-state index >= 15 is 0 Å². The van der Waals surface area contributed by atoms with E-state index in [1.54, 1.807) is 16.7 Å². The van der Waals surface area contributed by atoms with E-state index < -0.39 is 6.04 Å². The van der Waals surface area contributed by atoms with Gasteiger partial charge in [0.25, 0.3) is 0 Å². The molecule has 2 aromatic carbocycles. The van der Waals surface area contributed by atoms with Crippen LogP contribution < -0.4 is 5.32 Å². The predicted octanol–water partition coefficient (Wildman–Crippen LogP) is 5.41. The Balaban J connectivity index is 2.05. The number of carbonyl (C=O) groups excluding carboxylic acids is 2. The van der Waals surface area contributed by atoms with Crippen molar-refractivity contribution in [2.75, 3.05) is 12.3 Å². The third kappa shape index (κ3) is 8.15. The van der Waals surface area contributed by atoms with Gasteiger partial charge in [0.05, 0.1) is 5.75 Å². The van der Waals surface area contributed by atoms with Crippen LogP contribution in [0.2, 0.25) is 0 Å². The first kappa shape index (κ1) is 24.5. The second kappa shape index (κ2) is 13.5. The summed E-state index contributed by atoms with van der Waals surface area (Å²) in [6.45, 7) is 5.15. The molecule has 0 heterocycles. The van der Waals surface area contributed by atoms with Crippen molar-refractivity contribution in [3.63, 3.8) is 0 Å². The number of benzene rings is 2. The minimum Gasteiger partial charge on any atom is -0.354 e. The zero-order valence-corrected chi connectivity index (χ0v) is 20.2. The minimum atomic E-state index is -0.456. The number of thioether (sulfide) groups is 1. The lowest BCUT2D eigenvalue weighted by molar-refractivity contribution is -0.139. The van der Waals surface area contributed by atoms with Gasteiger partial charge >= 0.3 is 0 Å². The molecule has 4 nitrogen and oxygen atoms in total. The maximum Gasteiger partial charge on any atom is 0.242 e. The Morgan fingerprint density at radius 1 is 1.03 bits per heavy atom. The van der Waals surface area contributed by atoms with Gasteiger partial charge in [-0.15, -0.1) is 11.8 Å². The van der Waals surface area contributed by atoms with Crippen LogP contribution in [-0.4, -0.2) is 35.1 Å². The summed E-state index contributed by atoms with van der Waals surface area (Å²) in [6, 6.07) is 17.5. The van der Waals surface area contributed by atoms with Crippen LogP contribution in [0.1, 0.15) is 44.2 Å². The first-order chi connectivity index (χ1) is 14.5. The molecule has 0 bridgehead atoms. The summed E-state index contributed by atoms with van der Waals surface area (Å²) in [5, 5.41) is 3.00. The van der Waals surface area contributed by atoms with E-state index in [0.29, 0.717) is 25.3 Å². The largest absolute Gasteiger partial charge is 0.354 e. The summed E-state index contributed by atoms with van der Waals surface area (Å²) in [5.74, 6) is 1.05. The maximum absolute atomic E-state index is 13.1. The smallest absolute Gasteiger partial charge is 0.242 e. The van der Waals surface area contributed by atoms with Gasteiger partial charge in [-0.1, -0.05) is 78.7 Å². The van der Waals surface area contributed by atoms with E-state index in [1.807, 2.05) is 49.4 Å². The van der Waals surface area contributed by atoms with E-state index in [4.69, 9.17) is 0 Å². The fraction of sp³-hybridized carbons (Fsp3) is 0.417. The number of amides is 2. The number of halogens is 1. The van der Waals surface area contributed by atoms with Crippen molar-refractivity contribution in [1.29, 1.82) is 0 Å². The van der Waals surface area contributed by atoms with Gasteiger partial charge in [-0.3, -0.25) is 9.59 Å². The van der Waals surface area contributed by atoms with Crippen LogP contribution in [0.25, 0.3) is 0 Å². The lowest BCUT2D eigenvalue weighted by atomic mass is 10.1. The van der Waals surface area contributed by atoms with Crippen molar-refractivity contribution in [3.05, 3.63) is 70.2 Å². The van der Waals surface area contributed by atoms with Crippen molar-refractivity contribution >= 4 is 39.5 Å². The topological polar surface area (TPSA) is 49.4 Å². The second-order valence-electron chi connectivity index (χ2n) is 7.20. The van der Waals surface area contributed by atoms with E-state index in [2.05, 4.69) is 40.3 Å². The lowest BCUT2D eigenvalue weighted by Crippen LogP contribution is -2.49. The molecule has 30 heavy (non-hydrogen) atoms. The van der Waals surface area contributed by atoms with Gasteiger partial charge in [0.15, 0.2) is 0 Å². The summed E-state index contributed by atoms with van der Waals surface area (Å²) in [5.41, 5.74) is 2.21. The molecule has 0 radical (unpaired) electrons. The number of hydrogen-bond acceptors (Lipinski definition) is 3. The average Bonchev–Trinajstić information content (AvgIpc) is 2.76. The average molecular weight is 491 g/mol. The van der Waals surface area contributed by atoms with Crippen LogP contribution in [0, 0.1) is 0 Å². The van der Waals surface area contributed by atoms with Crippen LogP contribution in [0.3, 0.4) is 0 Å². The molecular weight excluding hydrogens is 460 g/mol. The second-order valence-corrected chi connectivity index (χ2v) is 9.10. The molecular formula is C24H31BrN2O2S. The highest BCUT2D eigenvalue weighted by Gasteiger charge is 2.28. The molecule has 2 aromatic rings. The van der Waals surface area contributed by atoms with Crippen LogP contribution in [0.4, 0.5) is 0 Å². The monoisotopic (exact) mass is 490 g/mol.